The summed E-state index contributed by atoms with van der Waals surface area (Å²) in [5.41, 5.74) is 5.10. The highest BCUT2D eigenvalue weighted by Gasteiger charge is 1.66. The molecular formula is C8H22N2. The van der Waals surface area contributed by atoms with Crippen molar-refractivity contribution in [3.8, 4) is 0 Å². The highest BCUT2D eigenvalue weighted by Crippen LogP contribution is 1.48. The normalized spacial score (nSPS) is 5.70. The van der Waals surface area contributed by atoms with E-state index in [1.54, 1.807) is 6.20 Å². The van der Waals surface area contributed by atoms with Crippen LogP contribution in [0, 0.1) is 0 Å². The SMILES string of the molecule is C=CNCCN.CC.CC. The summed E-state index contributed by atoms with van der Waals surface area (Å²) in [6, 6.07) is 0. The minimum atomic E-state index is 0.673. The minimum Gasteiger partial charge on any atom is -0.390 e. The van der Waals surface area contributed by atoms with Gasteiger partial charge in [-0.05, 0) is 6.20 Å². The van der Waals surface area contributed by atoms with Crippen LogP contribution in [-0.2, 0) is 0 Å². The van der Waals surface area contributed by atoms with Crippen LogP contribution in [-0.4, -0.2) is 13.1 Å². The quantitative estimate of drug-likeness (QED) is 0.595. The summed E-state index contributed by atoms with van der Waals surface area (Å²) in [5, 5.41) is 2.84. The van der Waals surface area contributed by atoms with E-state index >= 15 is 0 Å². The van der Waals surface area contributed by atoms with E-state index in [9.17, 15) is 0 Å². The molecule has 0 aliphatic carbocycles. The summed E-state index contributed by atoms with van der Waals surface area (Å²) in [6.07, 6.45) is 1.63. The summed E-state index contributed by atoms with van der Waals surface area (Å²) in [5.74, 6) is 0. The molecule has 0 aromatic rings. The van der Waals surface area contributed by atoms with Crippen molar-refractivity contribution in [2.24, 2.45) is 5.73 Å². The Balaban J connectivity index is -0.000000105. The minimum absolute atomic E-state index is 0.673. The third kappa shape index (κ3) is 50.7. The van der Waals surface area contributed by atoms with Crippen LogP contribution in [0.3, 0.4) is 0 Å². The Morgan fingerprint density at radius 3 is 1.80 bits per heavy atom. The maximum atomic E-state index is 5.10. The second-order valence-corrected chi connectivity index (χ2v) is 0.947. The molecule has 2 nitrogen and oxygen atoms in total. The fourth-order valence-corrected chi connectivity index (χ4v) is 0.185. The van der Waals surface area contributed by atoms with Gasteiger partial charge in [0.05, 0.1) is 0 Å². The monoisotopic (exact) mass is 146 g/mol. The van der Waals surface area contributed by atoms with Crippen molar-refractivity contribution >= 4 is 0 Å². The van der Waals surface area contributed by atoms with Crippen molar-refractivity contribution in [1.29, 1.82) is 0 Å². The average Bonchev–Trinajstić information content (AvgIpc) is 2.08. The van der Waals surface area contributed by atoms with Gasteiger partial charge in [0.15, 0.2) is 0 Å². The highest BCUT2D eigenvalue weighted by atomic mass is 14.8. The van der Waals surface area contributed by atoms with Crippen LogP contribution in [0.5, 0.6) is 0 Å². The first-order valence-corrected chi connectivity index (χ1v) is 3.96. The van der Waals surface area contributed by atoms with E-state index in [0.717, 1.165) is 6.54 Å². The van der Waals surface area contributed by atoms with E-state index in [2.05, 4.69) is 11.9 Å². The van der Waals surface area contributed by atoms with Gasteiger partial charge in [-0.15, -0.1) is 0 Å². The van der Waals surface area contributed by atoms with Crippen LogP contribution in [0.4, 0.5) is 0 Å². The van der Waals surface area contributed by atoms with Crippen LogP contribution < -0.4 is 11.1 Å². The Morgan fingerprint density at radius 1 is 1.30 bits per heavy atom. The molecule has 2 heteroatoms. The van der Waals surface area contributed by atoms with Crippen LogP contribution >= 0.6 is 0 Å². The van der Waals surface area contributed by atoms with E-state index < -0.39 is 0 Å². The molecule has 0 unspecified atom stereocenters. The van der Waals surface area contributed by atoms with Gasteiger partial charge < -0.3 is 11.1 Å². The second-order valence-electron chi connectivity index (χ2n) is 0.947. The average molecular weight is 146 g/mol. The molecule has 3 N–H and O–H groups in total. The number of nitrogens with one attached hydrogen (secondary N) is 1. The van der Waals surface area contributed by atoms with E-state index in [4.69, 9.17) is 5.73 Å². The standard InChI is InChI=1S/C4H10N2.2C2H6/c1-2-6-4-3-5;2*1-2/h2,6H,1,3-5H2;2*1-2H3. The Bertz CT molecular complexity index is 36.2. The van der Waals surface area contributed by atoms with Crippen molar-refractivity contribution in [1.82, 2.24) is 5.32 Å². The fraction of sp³-hybridized carbons (Fsp3) is 0.750. The molecule has 0 saturated heterocycles. The molecule has 0 atom stereocenters. The van der Waals surface area contributed by atoms with Gasteiger partial charge >= 0.3 is 0 Å². The van der Waals surface area contributed by atoms with Crippen molar-refractivity contribution < 1.29 is 0 Å². The molecule has 0 aromatic carbocycles. The lowest BCUT2D eigenvalue weighted by atomic mass is 10.6. The molecule has 0 aromatic heterocycles. The summed E-state index contributed by atoms with van der Waals surface area (Å²) < 4.78 is 0. The molecular weight excluding hydrogens is 124 g/mol. The first-order valence-electron chi connectivity index (χ1n) is 3.96. The predicted octanol–water partition coefficient (Wildman–Crippen LogP) is 1.73. The molecule has 0 saturated carbocycles. The van der Waals surface area contributed by atoms with E-state index in [-0.39, 0.29) is 0 Å². The Morgan fingerprint density at radius 2 is 1.70 bits per heavy atom. The van der Waals surface area contributed by atoms with Crippen molar-refractivity contribution in [3.63, 3.8) is 0 Å². The lowest BCUT2D eigenvalue weighted by Crippen LogP contribution is -2.16. The van der Waals surface area contributed by atoms with Gasteiger partial charge in [0.25, 0.3) is 0 Å². The van der Waals surface area contributed by atoms with Gasteiger partial charge in [-0.25, -0.2) is 0 Å². The maximum absolute atomic E-state index is 5.10. The third-order valence-corrected chi connectivity index (χ3v) is 0.433. The van der Waals surface area contributed by atoms with E-state index in [1.165, 1.54) is 0 Å². The van der Waals surface area contributed by atoms with Crippen molar-refractivity contribution in [3.05, 3.63) is 12.8 Å². The maximum Gasteiger partial charge on any atom is 0.0264 e. The summed E-state index contributed by atoms with van der Waals surface area (Å²) in [6.45, 7) is 12.9. The summed E-state index contributed by atoms with van der Waals surface area (Å²) in [4.78, 5) is 0. The second kappa shape index (κ2) is 39.0. The Kier molecular flexibility index (Phi) is 63.4. The van der Waals surface area contributed by atoms with Gasteiger partial charge in [-0.1, -0.05) is 34.3 Å². The molecule has 0 aliphatic heterocycles. The van der Waals surface area contributed by atoms with Gasteiger partial charge in [0.1, 0.15) is 0 Å². The van der Waals surface area contributed by atoms with Crippen LogP contribution in [0.15, 0.2) is 12.8 Å². The van der Waals surface area contributed by atoms with Crippen molar-refractivity contribution in [2.75, 3.05) is 13.1 Å². The Labute approximate surface area is 65.5 Å². The number of hydrogen-bond acceptors (Lipinski definition) is 2. The zero-order chi connectivity index (χ0) is 8.83. The molecule has 0 bridgehead atoms. The molecule has 0 rings (SSSR count). The number of hydrogen-bond donors (Lipinski definition) is 2. The lowest BCUT2D eigenvalue weighted by molar-refractivity contribution is 0.844. The molecule has 10 heavy (non-hydrogen) atoms. The molecule has 0 spiro atoms. The van der Waals surface area contributed by atoms with Crippen molar-refractivity contribution in [2.45, 2.75) is 27.7 Å². The molecule has 0 aliphatic rings. The Hall–Kier alpha value is -0.500. The van der Waals surface area contributed by atoms with Crippen LogP contribution in [0.25, 0.3) is 0 Å². The molecule has 64 valence electrons. The number of nitrogens with two attached hydrogens (primary N) is 1. The first-order chi connectivity index (χ1) is 4.91. The largest absolute Gasteiger partial charge is 0.390 e. The molecule has 0 heterocycles. The topological polar surface area (TPSA) is 38.0 Å². The summed E-state index contributed by atoms with van der Waals surface area (Å²) >= 11 is 0. The zero-order valence-electron chi connectivity index (χ0n) is 7.78. The van der Waals surface area contributed by atoms with Crippen LogP contribution in [0.2, 0.25) is 0 Å². The number of rotatable bonds is 3. The predicted molar refractivity (Wildman–Crippen MR) is 50.0 cm³/mol. The van der Waals surface area contributed by atoms with E-state index in [0.29, 0.717) is 6.54 Å². The molecule has 0 radical (unpaired) electrons. The van der Waals surface area contributed by atoms with Gasteiger partial charge in [-0.2, -0.15) is 0 Å². The van der Waals surface area contributed by atoms with Crippen LogP contribution in [0.1, 0.15) is 27.7 Å². The highest BCUT2D eigenvalue weighted by molar-refractivity contribution is 4.61. The van der Waals surface area contributed by atoms with Gasteiger partial charge in [-0.3, -0.25) is 0 Å². The van der Waals surface area contributed by atoms with Gasteiger partial charge in [0, 0.05) is 13.1 Å². The summed E-state index contributed by atoms with van der Waals surface area (Å²) in [7, 11) is 0. The smallest absolute Gasteiger partial charge is 0.0264 e. The van der Waals surface area contributed by atoms with E-state index in [1.807, 2.05) is 27.7 Å². The van der Waals surface area contributed by atoms with Gasteiger partial charge in [0.2, 0.25) is 0 Å². The third-order valence-electron chi connectivity index (χ3n) is 0.433. The fourth-order valence-electron chi connectivity index (χ4n) is 0.185. The zero-order valence-corrected chi connectivity index (χ0v) is 7.78. The first kappa shape index (κ1) is 16.2. The molecule has 0 fully saturated rings. The molecule has 0 amide bonds. The lowest BCUT2D eigenvalue weighted by Gasteiger charge is -1.89.